The van der Waals surface area contributed by atoms with Crippen LogP contribution in [0.4, 0.5) is 5.69 Å². The molecule has 0 aliphatic carbocycles. The van der Waals surface area contributed by atoms with Crippen LogP contribution in [0.2, 0.25) is 0 Å². The summed E-state index contributed by atoms with van der Waals surface area (Å²) in [5.74, 6) is 0.717. The minimum atomic E-state index is -3.54. The van der Waals surface area contributed by atoms with Crippen molar-refractivity contribution in [3.05, 3.63) is 47.9 Å². The predicted octanol–water partition coefficient (Wildman–Crippen LogP) is 1.99. The van der Waals surface area contributed by atoms with E-state index in [0.29, 0.717) is 5.69 Å². The van der Waals surface area contributed by atoms with E-state index in [2.05, 4.69) is 0 Å². The molecule has 1 heterocycles. The van der Waals surface area contributed by atoms with Crippen molar-refractivity contribution in [2.75, 3.05) is 12.8 Å². The molecule has 1 aromatic carbocycles. The number of aryl methyl sites for hydroxylation is 1. The molecule has 0 saturated carbocycles. The third-order valence-corrected chi connectivity index (χ3v) is 4.72. The third kappa shape index (κ3) is 2.80. The van der Waals surface area contributed by atoms with Gasteiger partial charge in [0.2, 0.25) is 10.0 Å². The molecule has 0 bridgehead atoms. The molecule has 0 saturated heterocycles. The summed E-state index contributed by atoms with van der Waals surface area (Å²) >= 11 is 0. The highest BCUT2D eigenvalue weighted by atomic mass is 32.2. The fourth-order valence-electron chi connectivity index (χ4n) is 1.76. The van der Waals surface area contributed by atoms with Crippen molar-refractivity contribution in [2.24, 2.45) is 0 Å². The number of anilines is 1. The van der Waals surface area contributed by atoms with Crippen molar-refractivity contribution >= 4 is 15.7 Å². The van der Waals surface area contributed by atoms with Crippen LogP contribution in [0.15, 0.2) is 45.9 Å². The molecule has 0 fully saturated rings. The highest BCUT2D eigenvalue weighted by Crippen LogP contribution is 2.20. The Morgan fingerprint density at radius 2 is 2.05 bits per heavy atom. The van der Waals surface area contributed by atoms with Crippen molar-refractivity contribution in [2.45, 2.75) is 18.4 Å². The van der Waals surface area contributed by atoms with E-state index in [-0.39, 0.29) is 11.4 Å². The normalized spacial score (nSPS) is 11.9. The molecule has 0 aliphatic rings. The van der Waals surface area contributed by atoms with Crippen molar-refractivity contribution < 1.29 is 12.8 Å². The van der Waals surface area contributed by atoms with Crippen molar-refractivity contribution in [1.82, 2.24) is 4.31 Å². The molecular weight excluding hydrogens is 264 g/mol. The third-order valence-electron chi connectivity index (χ3n) is 2.93. The second kappa shape index (κ2) is 5.07. The van der Waals surface area contributed by atoms with Gasteiger partial charge in [-0.15, -0.1) is 0 Å². The molecule has 19 heavy (non-hydrogen) atoms. The fraction of sp³-hybridized carbons (Fsp3) is 0.231. The van der Waals surface area contributed by atoms with Gasteiger partial charge in [-0.25, -0.2) is 8.42 Å². The second-order valence-corrected chi connectivity index (χ2v) is 6.38. The lowest BCUT2D eigenvalue weighted by Gasteiger charge is -2.17. The highest BCUT2D eigenvalue weighted by molar-refractivity contribution is 7.89. The maximum absolute atomic E-state index is 12.4. The summed E-state index contributed by atoms with van der Waals surface area (Å²) in [6.45, 7) is 2.07. The van der Waals surface area contributed by atoms with Gasteiger partial charge in [-0.05, 0) is 31.2 Å². The number of rotatable bonds is 4. The molecule has 0 amide bonds. The molecular formula is C13H16N2O3S. The first-order valence-electron chi connectivity index (χ1n) is 5.76. The fourth-order valence-corrected chi connectivity index (χ4v) is 2.96. The Morgan fingerprint density at radius 1 is 1.32 bits per heavy atom. The van der Waals surface area contributed by atoms with Gasteiger partial charge in [-0.1, -0.05) is 6.07 Å². The van der Waals surface area contributed by atoms with E-state index in [4.69, 9.17) is 10.2 Å². The van der Waals surface area contributed by atoms with Crippen molar-refractivity contribution in [3.63, 3.8) is 0 Å². The largest absolute Gasteiger partial charge is 0.469 e. The van der Waals surface area contributed by atoms with E-state index in [0.717, 1.165) is 11.3 Å². The van der Waals surface area contributed by atoms with Crippen LogP contribution in [-0.2, 0) is 16.6 Å². The molecule has 1 aromatic heterocycles. The van der Waals surface area contributed by atoms with Crippen LogP contribution in [-0.4, -0.2) is 19.8 Å². The summed E-state index contributed by atoms with van der Waals surface area (Å²) in [5.41, 5.74) is 6.89. The van der Waals surface area contributed by atoms with Gasteiger partial charge >= 0.3 is 0 Å². The quantitative estimate of drug-likeness (QED) is 0.869. The van der Waals surface area contributed by atoms with E-state index >= 15 is 0 Å². The van der Waals surface area contributed by atoms with Gasteiger partial charge in [0.05, 0.1) is 11.2 Å². The molecule has 0 spiro atoms. The molecule has 6 heteroatoms. The number of furan rings is 1. The molecule has 0 radical (unpaired) electrons. The van der Waals surface area contributed by atoms with E-state index in [1.807, 2.05) is 0 Å². The van der Waals surface area contributed by atoms with Crippen molar-refractivity contribution in [1.29, 1.82) is 0 Å². The zero-order valence-electron chi connectivity index (χ0n) is 10.8. The lowest BCUT2D eigenvalue weighted by atomic mass is 10.3. The van der Waals surface area contributed by atoms with E-state index in [1.165, 1.54) is 23.5 Å². The minimum Gasteiger partial charge on any atom is -0.469 e. The number of benzene rings is 1. The Balaban J connectivity index is 2.27. The van der Waals surface area contributed by atoms with E-state index < -0.39 is 10.0 Å². The predicted molar refractivity (Wildman–Crippen MR) is 73.0 cm³/mol. The summed E-state index contributed by atoms with van der Waals surface area (Å²) in [5, 5.41) is 0. The van der Waals surface area contributed by atoms with Gasteiger partial charge in [-0.3, -0.25) is 0 Å². The number of nitrogen functional groups attached to an aromatic ring is 1. The van der Waals surface area contributed by atoms with Crippen LogP contribution in [0.3, 0.4) is 0 Å². The first-order valence-corrected chi connectivity index (χ1v) is 7.20. The highest BCUT2D eigenvalue weighted by Gasteiger charge is 2.21. The molecule has 2 aromatic rings. The van der Waals surface area contributed by atoms with Gasteiger partial charge in [0.1, 0.15) is 5.76 Å². The molecule has 102 valence electrons. The maximum atomic E-state index is 12.4. The van der Waals surface area contributed by atoms with Crippen LogP contribution in [0, 0.1) is 6.92 Å². The summed E-state index contributed by atoms with van der Waals surface area (Å²) in [4.78, 5) is 0.191. The summed E-state index contributed by atoms with van der Waals surface area (Å²) in [6, 6.07) is 8.03. The zero-order valence-corrected chi connectivity index (χ0v) is 11.6. The first kappa shape index (κ1) is 13.6. The SMILES string of the molecule is Cc1occc1CN(C)S(=O)(=O)c1cccc(N)c1. The Morgan fingerprint density at radius 3 is 2.63 bits per heavy atom. The average Bonchev–Trinajstić information content (AvgIpc) is 2.75. The number of nitrogens with two attached hydrogens (primary N) is 1. The van der Waals surface area contributed by atoms with Gasteiger partial charge < -0.3 is 10.2 Å². The summed E-state index contributed by atoms with van der Waals surface area (Å²) < 4.78 is 31.2. The minimum absolute atomic E-state index is 0.191. The Labute approximate surface area is 112 Å². The van der Waals surface area contributed by atoms with Crippen molar-refractivity contribution in [3.8, 4) is 0 Å². The Kier molecular flexibility index (Phi) is 3.64. The Hall–Kier alpha value is -1.79. The van der Waals surface area contributed by atoms with Gasteiger partial charge in [0, 0.05) is 24.8 Å². The standard InChI is InChI=1S/C13H16N2O3S/c1-10-11(6-7-18-10)9-15(2)19(16,17)13-5-3-4-12(14)8-13/h3-8H,9,14H2,1-2H3. The molecule has 2 rings (SSSR count). The molecule has 0 unspecified atom stereocenters. The molecule has 0 aliphatic heterocycles. The smallest absolute Gasteiger partial charge is 0.243 e. The van der Waals surface area contributed by atoms with Crippen LogP contribution in [0.25, 0.3) is 0 Å². The van der Waals surface area contributed by atoms with Crippen LogP contribution >= 0.6 is 0 Å². The van der Waals surface area contributed by atoms with E-state index in [1.54, 1.807) is 31.4 Å². The van der Waals surface area contributed by atoms with Crippen LogP contribution in [0.5, 0.6) is 0 Å². The number of hydrogen-bond donors (Lipinski definition) is 1. The second-order valence-electron chi connectivity index (χ2n) is 4.34. The van der Waals surface area contributed by atoms with E-state index in [9.17, 15) is 8.42 Å². The lowest BCUT2D eigenvalue weighted by molar-refractivity contribution is 0.459. The monoisotopic (exact) mass is 280 g/mol. The van der Waals surface area contributed by atoms with Crippen LogP contribution in [0.1, 0.15) is 11.3 Å². The van der Waals surface area contributed by atoms with Gasteiger partial charge in [0.25, 0.3) is 0 Å². The number of nitrogens with zero attached hydrogens (tertiary/aromatic N) is 1. The molecule has 5 nitrogen and oxygen atoms in total. The van der Waals surface area contributed by atoms with Gasteiger partial charge in [-0.2, -0.15) is 4.31 Å². The first-order chi connectivity index (χ1) is 8.91. The molecule has 0 atom stereocenters. The maximum Gasteiger partial charge on any atom is 0.243 e. The Bertz CT molecular complexity index is 677. The molecule has 2 N–H and O–H groups in total. The lowest BCUT2D eigenvalue weighted by Crippen LogP contribution is -2.26. The summed E-state index contributed by atoms with van der Waals surface area (Å²) in [7, 11) is -2.01. The number of sulfonamides is 1. The topological polar surface area (TPSA) is 76.5 Å². The average molecular weight is 280 g/mol. The number of hydrogen-bond acceptors (Lipinski definition) is 4. The summed E-state index contributed by atoms with van der Waals surface area (Å²) in [6.07, 6.45) is 1.55. The van der Waals surface area contributed by atoms with Gasteiger partial charge in [0.15, 0.2) is 0 Å². The van der Waals surface area contributed by atoms with Crippen LogP contribution < -0.4 is 5.73 Å². The zero-order chi connectivity index (χ0) is 14.0.